The summed E-state index contributed by atoms with van der Waals surface area (Å²) in [5, 5.41) is 0. The molecule has 107 valence electrons. The SMILES string of the molecule is C=CC.CC.CC.[CH2-]CC.[CH2-]CC.[CH2-]CC.[Rb+].[Rb+].[Rb+].[Rb]. The average molecular weight is 573 g/mol. The minimum absolute atomic E-state index is 0. The fourth-order valence-electron chi connectivity index (χ4n) is 0. The van der Waals surface area contributed by atoms with E-state index in [-0.39, 0.29) is 233 Å². The fourth-order valence-corrected chi connectivity index (χ4v) is 0. The van der Waals surface area contributed by atoms with Crippen molar-refractivity contribution in [2.75, 3.05) is 0 Å². The predicted octanol–water partition coefficient (Wildman–Crippen LogP) is -2.43. The molecule has 0 aromatic carbocycles. The van der Waals surface area contributed by atoms with Crippen molar-refractivity contribution < 1.29 is 175 Å². The zero-order chi connectivity index (χ0) is 14.8. The fraction of sp³-hybridized carbons (Fsp3) is 0.688. The second-order valence-corrected chi connectivity index (χ2v) is 1.91. The van der Waals surface area contributed by atoms with Crippen molar-refractivity contribution in [2.24, 2.45) is 0 Å². The first-order valence-corrected chi connectivity index (χ1v) is 6.61. The van der Waals surface area contributed by atoms with Gasteiger partial charge in [0.1, 0.15) is 0 Å². The van der Waals surface area contributed by atoms with Crippen molar-refractivity contribution in [1.29, 1.82) is 0 Å². The molecule has 0 bridgehead atoms. The van der Waals surface area contributed by atoms with E-state index in [1.54, 1.807) is 6.08 Å². The van der Waals surface area contributed by atoms with E-state index in [4.69, 9.17) is 0 Å². The van der Waals surface area contributed by atoms with Crippen LogP contribution in [0.15, 0.2) is 12.7 Å². The summed E-state index contributed by atoms with van der Waals surface area (Å²) in [6.45, 7) is 29.8. The summed E-state index contributed by atoms with van der Waals surface area (Å²) in [6.07, 6.45) is 4.75. The van der Waals surface area contributed by atoms with Crippen LogP contribution in [0.3, 0.4) is 0 Å². The van der Waals surface area contributed by atoms with Crippen molar-refractivity contribution in [3.05, 3.63) is 33.4 Å². The summed E-state index contributed by atoms with van der Waals surface area (Å²) in [5.74, 6) is 0. The van der Waals surface area contributed by atoms with Gasteiger partial charge in [-0.05, 0) is 6.92 Å². The molecule has 0 saturated carbocycles. The van der Waals surface area contributed by atoms with Crippen LogP contribution in [0.4, 0.5) is 0 Å². The molecule has 0 nitrogen and oxygen atoms in total. The molecule has 20 heavy (non-hydrogen) atoms. The van der Waals surface area contributed by atoms with E-state index >= 15 is 0 Å². The van der Waals surface area contributed by atoms with Crippen LogP contribution in [0.2, 0.25) is 0 Å². The van der Waals surface area contributed by atoms with Crippen LogP contribution in [0.5, 0.6) is 0 Å². The first-order chi connectivity index (χ1) is 7.66. The Morgan fingerprint density at radius 2 is 0.700 bits per heavy atom. The van der Waals surface area contributed by atoms with Gasteiger partial charge >= 0.3 is 175 Å². The number of rotatable bonds is 0. The Balaban J connectivity index is -0.00000000727. The van der Waals surface area contributed by atoms with Crippen molar-refractivity contribution in [3.63, 3.8) is 0 Å². The largest absolute Gasteiger partial charge is 1.00 e. The molecule has 1 radical (unpaired) electrons. The molecular formula is C16H39Rb4. The first kappa shape index (κ1) is 63.2. The molecule has 0 atom stereocenters. The predicted molar refractivity (Wildman–Crippen MR) is 91.3 cm³/mol. The van der Waals surface area contributed by atoms with Gasteiger partial charge in [-0.1, -0.05) is 54.5 Å². The van der Waals surface area contributed by atoms with Crippen LogP contribution in [0, 0.1) is 20.8 Å². The number of hydrogen-bond acceptors (Lipinski definition) is 0. The maximum atomic E-state index is 3.49. The summed E-state index contributed by atoms with van der Waals surface area (Å²) >= 11 is 0. The van der Waals surface area contributed by atoms with Crippen molar-refractivity contribution >= 4 is 58.2 Å². The van der Waals surface area contributed by atoms with Crippen molar-refractivity contribution in [3.8, 4) is 0 Å². The molecule has 0 aliphatic rings. The van der Waals surface area contributed by atoms with Crippen LogP contribution in [0.1, 0.15) is 74.7 Å². The van der Waals surface area contributed by atoms with Gasteiger partial charge < -0.3 is 20.8 Å². The molecule has 0 N–H and O–H groups in total. The third-order valence-electron chi connectivity index (χ3n) is 0. The minimum Gasteiger partial charge on any atom is -0.344 e. The maximum Gasteiger partial charge on any atom is 1.00 e. The molecule has 0 aliphatic heterocycles. The number of hydrogen-bond donors (Lipinski definition) is 0. The van der Waals surface area contributed by atoms with E-state index in [0.29, 0.717) is 0 Å². The third kappa shape index (κ3) is 296. The maximum absolute atomic E-state index is 3.49. The molecule has 0 heterocycles. The van der Waals surface area contributed by atoms with E-state index in [1.165, 1.54) is 0 Å². The third-order valence-corrected chi connectivity index (χ3v) is 0. The Morgan fingerprint density at radius 1 is 0.700 bits per heavy atom. The molecule has 4 heteroatoms. The molecule has 0 saturated heterocycles. The molecule has 0 unspecified atom stereocenters. The smallest absolute Gasteiger partial charge is 0.344 e. The summed E-state index contributed by atoms with van der Waals surface area (Å²) < 4.78 is 0. The molecule has 0 fully saturated rings. The van der Waals surface area contributed by atoms with Gasteiger partial charge in [-0.25, -0.2) is 0 Å². The van der Waals surface area contributed by atoms with Gasteiger partial charge in [-0.2, -0.15) is 19.3 Å². The standard InChI is InChI=1S/3C3H7.C3H6.2C2H6.4Rb/c4*1-3-2;2*1-2;;;;/h3*1,3H2,2H3;3H,1H2,2H3;2*1-2H3;;;;/q3*-1;;;;;3*+1. The Kier molecular flexibility index (Phi) is 425. The second kappa shape index (κ2) is 135. The van der Waals surface area contributed by atoms with Gasteiger partial charge in [-0.15, -0.1) is 6.58 Å². The second-order valence-electron chi connectivity index (χ2n) is 1.91. The summed E-state index contributed by atoms with van der Waals surface area (Å²) in [6, 6.07) is 0. The molecule has 0 amide bonds. The molecule has 0 aromatic heterocycles. The Morgan fingerprint density at radius 3 is 0.700 bits per heavy atom. The molecule has 0 aliphatic carbocycles. The van der Waals surface area contributed by atoms with Crippen molar-refractivity contribution in [1.82, 2.24) is 0 Å². The van der Waals surface area contributed by atoms with Crippen LogP contribution >= 0.6 is 0 Å². The van der Waals surface area contributed by atoms with Crippen LogP contribution in [-0.2, 0) is 0 Å². The van der Waals surface area contributed by atoms with Gasteiger partial charge in [0.2, 0.25) is 0 Å². The van der Waals surface area contributed by atoms with Gasteiger partial charge in [-0.3, -0.25) is 0 Å². The van der Waals surface area contributed by atoms with E-state index < -0.39 is 0 Å². The van der Waals surface area contributed by atoms with Crippen LogP contribution < -0.4 is 175 Å². The average Bonchev–Trinajstić information content (AvgIpc) is 2.27. The quantitative estimate of drug-likeness (QED) is 0.224. The van der Waals surface area contributed by atoms with Crippen molar-refractivity contribution in [2.45, 2.75) is 74.7 Å². The Bertz CT molecular complexity index is 38.7. The summed E-state index contributed by atoms with van der Waals surface area (Å²) in [4.78, 5) is 0. The van der Waals surface area contributed by atoms with Gasteiger partial charge in [0.05, 0.1) is 0 Å². The summed E-state index contributed by atoms with van der Waals surface area (Å²) in [7, 11) is 0. The first-order valence-electron chi connectivity index (χ1n) is 6.61. The topological polar surface area (TPSA) is 0 Å². The van der Waals surface area contributed by atoms with E-state index in [9.17, 15) is 0 Å². The van der Waals surface area contributed by atoms with Gasteiger partial charge in [0.25, 0.3) is 0 Å². The van der Waals surface area contributed by atoms with Gasteiger partial charge in [0, 0.05) is 58.2 Å². The van der Waals surface area contributed by atoms with Crippen LogP contribution in [0.25, 0.3) is 0 Å². The number of allylic oxidation sites excluding steroid dienone is 1. The van der Waals surface area contributed by atoms with E-state index in [2.05, 4.69) is 27.4 Å². The van der Waals surface area contributed by atoms with E-state index in [1.807, 2.05) is 55.4 Å². The zero-order valence-corrected chi connectivity index (χ0v) is 37.2. The Hall–Kier alpha value is 6.96. The zero-order valence-electron chi connectivity index (χ0n) is 17.5. The Labute approximate surface area is 330 Å². The van der Waals surface area contributed by atoms with Crippen LogP contribution in [-0.4, -0.2) is 58.2 Å². The minimum atomic E-state index is 0. The summed E-state index contributed by atoms with van der Waals surface area (Å²) in [5.41, 5.74) is 0. The van der Waals surface area contributed by atoms with Gasteiger partial charge in [0.15, 0.2) is 0 Å². The van der Waals surface area contributed by atoms with E-state index in [0.717, 1.165) is 19.3 Å². The monoisotopic (exact) mass is 571 g/mol. The molecule has 0 spiro atoms. The molecule has 0 aromatic rings. The molecular weight excluding hydrogens is 534 g/mol. The normalized spacial score (nSPS) is 3.95. The molecule has 0 rings (SSSR count).